The van der Waals surface area contributed by atoms with Gasteiger partial charge in [-0.15, -0.1) is 0 Å². The van der Waals surface area contributed by atoms with E-state index in [0.29, 0.717) is 22.9 Å². The largest absolute Gasteiger partial charge is 0.339 e. The zero-order chi connectivity index (χ0) is 19.4. The number of hydrogen-bond acceptors (Lipinski definition) is 3. The molecule has 6 heteroatoms. The van der Waals surface area contributed by atoms with Crippen molar-refractivity contribution in [3.05, 3.63) is 64.1 Å². The summed E-state index contributed by atoms with van der Waals surface area (Å²) in [5, 5.41) is 2.75. The van der Waals surface area contributed by atoms with Gasteiger partial charge in [0.05, 0.1) is 0 Å². The number of nitrogens with one attached hydrogen (secondary N) is 1. The highest BCUT2D eigenvalue weighted by Gasteiger charge is 2.22. The number of aryl methyl sites for hydroxylation is 1. The summed E-state index contributed by atoms with van der Waals surface area (Å²) in [6, 6.07) is 10.1. The van der Waals surface area contributed by atoms with Crippen molar-refractivity contribution >= 4 is 17.5 Å². The van der Waals surface area contributed by atoms with Crippen LogP contribution < -0.4 is 10.9 Å². The average molecular weight is 367 g/mol. The van der Waals surface area contributed by atoms with Crippen molar-refractivity contribution in [1.82, 2.24) is 9.47 Å². The number of rotatable bonds is 4. The molecular formula is C21H25N3O3. The maximum atomic E-state index is 12.7. The number of aromatic nitrogens is 1. The highest BCUT2D eigenvalue weighted by atomic mass is 16.2. The van der Waals surface area contributed by atoms with Crippen LogP contribution in [0.3, 0.4) is 0 Å². The van der Waals surface area contributed by atoms with E-state index in [9.17, 15) is 14.4 Å². The summed E-state index contributed by atoms with van der Waals surface area (Å²) in [5.41, 5.74) is 1.25. The van der Waals surface area contributed by atoms with Gasteiger partial charge in [0, 0.05) is 49.2 Å². The van der Waals surface area contributed by atoms with Crippen LogP contribution >= 0.6 is 0 Å². The monoisotopic (exact) mass is 367 g/mol. The third-order valence-electron chi connectivity index (χ3n) is 5.20. The van der Waals surface area contributed by atoms with E-state index in [4.69, 9.17) is 0 Å². The van der Waals surface area contributed by atoms with Crippen LogP contribution in [0.25, 0.3) is 0 Å². The summed E-state index contributed by atoms with van der Waals surface area (Å²) in [6.45, 7) is 0. The molecule has 2 amide bonds. The number of carbonyl (C=O) groups is 2. The van der Waals surface area contributed by atoms with E-state index in [0.717, 1.165) is 12.8 Å². The van der Waals surface area contributed by atoms with Gasteiger partial charge in [-0.2, -0.15) is 0 Å². The molecule has 3 rings (SSSR count). The highest BCUT2D eigenvalue weighted by molar-refractivity contribution is 6.04. The van der Waals surface area contributed by atoms with Gasteiger partial charge in [0.25, 0.3) is 17.4 Å². The van der Waals surface area contributed by atoms with E-state index in [1.54, 1.807) is 43.6 Å². The van der Waals surface area contributed by atoms with Crippen molar-refractivity contribution in [1.29, 1.82) is 0 Å². The minimum atomic E-state index is -0.355. The van der Waals surface area contributed by atoms with Crippen LogP contribution in [0.1, 0.15) is 52.8 Å². The van der Waals surface area contributed by atoms with Crippen LogP contribution in [0.5, 0.6) is 0 Å². The van der Waals surface area contributed by atoms with E-state index in [2.05, 4.69) is 5.32 Å². The Bertz CT molecular complexity index is 880. The molecule has 1 aromatic carbocycles. The summed E-state index contributed by atoms with van der Waals surface area (Å²) >= 11 is 0. The Morgan fingerprint density at radius 3 is 2.33 bits per heavy atom. The first-order chi connectivity index (χ1) is 13.0. The molecule has 0 radical (unpaired) electrons. The molecule has 0 bridgehead atoms. The van der Waals surface area contributed by atoms with Gasteiger partial charge < -0.3 is 14.8 Å². The molecule has 1 aliphatic rings. The summed E-state index contributed by atoms with van der Waals surface area (Å²) in [5.74, 6) is -0.350. The molecule has 1 fully saturated rings. The van der Waals surface area contributed by atoms with Gasteiger partial charge in [0.15, 0.2) is 0 Å². The fraction of sp³-hybridized carbons (Fsp3) is 0.381. The lowest BCUT2D eigenvalue weighted by molar-refractivity contribution is 0.0696. The van der Waals surface area contributed by atoms with E-state index in [1.807, 2.05) is 11.9 Å². The third-order valence-corrected chi connectivity index (χ3v) is 5.20. The van der Waals surface area contributed by atoms with Crippen molar-refractivity contribution in [2.24, 2.45) is 7.05 Å². The average Bonchev–Trinajstić information content (AvgIpc) is 2.70. The molecule has 1 aromatic heterocycles. The Morgan fingerprint density at radius 1 is 1.04 bits per heavy atom. The van der Waals surface area contributed by atoms with Crippen LogP contribution in [-0.2, 0) is 7.05 Å². The summed E-state index contributed by atoms with van der Waals surface area (Å²) < 4.78 is 1.40. The second-order valence-corrected chi connectivity index (χ2v) is 7.10. The SMILES string of the molecule is CN(C(=O)c1ccc(NC(=O)c2ccn(C)c(=O)c2)cc1)C1CCCCC1. The standard InChI is InChI=1S/C21H25N3O3/c1-23-13-12-16(14-19(23)25)20(26)22-17-10-8-15(9-11-17)21(27)24(2)18-6-4-3-5-7-18/h8-14,18H,3-7H2,1-2H3,(H,22,26). The number of hydrogen-bond donors (Lipinski definition) is 1. The van der Waals surface area contributed by atoms with Crippen molar-refractivity contribution in [2.75, 3.05) is 12.4 Å². The van der Waals surface area contributed by atoms with Gasteiger partial charge in [-0.3, -0.25) is 14.4 Å². The molecule has 0 saturated heterocycles. The molecule has 0 atom stereocenters. The normalized spacial score (nSPS) is 14.6. The summed E-state index contributed by atoms with van der Waals surface area (Å²) in [4.78, 5) is 38.4. The number of anilines is 1. The second kappa shape index (κ2) is 8.20. The van der Waals surface area contributed by atoms with Gasteiger partial charge in [0.1, 0.15) is 0 Å². The van der Waals surface area contributed by atoms with E-state index >= 15 is 0 Å². The first kappa shape index (κ1) is 18.9. The highest BCUT2D eigenvalue weighted by Crippen LogP contribution is 2.23. The molecule has 0 aliphatic heterocycles. The van der Waals surface area contributed by atoms with Crippen molar-refractivity contribution in [3.8, 4) is 0 Å². The lowest BCUT2D eigenvalue weighted by Gasteiger charge is -2.31. The first-order valence-electron chi connectivity index (χ1n) is 9.31. The summed E-state index contributed by atoms with van der Waals surface area (Å²) in [6.07, 6.45) is 7.28. The zero-order valence-electron chi connectivity index (χ0n) is 15.8. The lowest BCUT2D eigenvalue weighted by Crippen LogP contribution is -2.38. The van der Waals surface area contributed by atoms with Gasteiger partial charge in [-0.1, -0.05) is 19.3 Å². The second-order valence-electron chi connectivity index (χ2n) is 7.10. The number of benzene rings is 1. The molecule has 0 spiro atoms. The summed E-state index contributed by atoms with van der Waals surface area (Å²) in [7, 11) is 3.49. The van der Waals surface area contributed by atoms with Crippen LogP contribution in [-0.4, -0.2) is 34.4 Å². The van der Waals surface area contributed by atoms with E-state index in [1.165, 1.54) is 29.9 Å². The van der Waals surface area contributed by atoms with Crippen LogP contribution in [0.2, 0.25) is 0 Å². The minimum Gasteiger partial charge on any atom is -0.339 e. The fourth-order valence-corrected chi connectivity index (χ4v) is 3.43. The molecule has 0 unspecified atom stereocenters. The number of pyridine rings is 1. The Hall–Kier alpha value is -2.89. The Balaban J connectivity index is 1.65. The minimum absolute atomic E-state index is 0.00586. The smallest absolute Gasteiger partial charge is 0.255 e. The van der Waals surface area contributed by atoms with Crippen molar-refractivity contribution in [2.45, 2.75) is 38.1 Å². The predicted octanol–water partition coefficient (Wildman–Crippen LogP) is 3.04. The van der Waals surface area contributed by atoms with Gasteiger partial charge >= 0.3 is 0 Å². The molecule has 1 saturated carbocycles. The molecule has 6 nitrogen and oxygen atoms in total. The number of amides is 2. The quantitative estimate of drug-likeness (QED) is 0.903. The Kier molecular flexibility index (Phi) is 5.74. The van der Waals surface area contributed by atoms with Gasteiger partial charge in [-0.25, -0.2) is 0 Å². The Labute approximate surface area is 158 Å². The maximum absolute atomic E-state index is 12.7. The topological polar surface area (TPSA) is 71.4 Å². The predicted molar refractivity (Wildman–Crippen MR) is 105 cm³/mol. The van der Waals surface area contributed by atoms with E-state index in [-0.39, 0.29) is 17.4 Å². The van der Waals surface area contributed by atoms with Crippen LogP contribution in [0.4, 0.5) is 5.69 Å². The molecular weight excluding hydrogens is 342 g/mol. The lowest BCUT2D eigenvalue weighted by atomic mass is 9.94. The first-order valence-corrected chi connectivity index (χ1v) is 9.31. The van der Waals surface area contributed by atoms with Gasteiger partial charge in [-0.05, 0) is 43.2 Å². The van der Waals surface area contributed by atoms with Crippen molar-refractivity contribution in [3.63, 3.8) is 0 Å². The van der Waals surface area contributed by atoms with E-state index < -0.39 is 0 Å². The molecule has 1 aliphatic carbocycles. The molecule has 1 heterocycles. The molecule has 142 valence electrons. The molecule has 2 aromatic rings. The molecule has 1 N–H and O–H groups in total. The van der Waals surface area contributed by atoms with Crippen LogP contribution in [0.15, 0.2) is 47.4 Å². The third kappa shape index (κ3) is 4.45. The number of nitrogens with zero attached hydrogens (tertiary/aromatic N) is 2. The molecule has 27 heavy (non-hydrogen) atoms. The maximum Gasteiger partial charge on any atom is 0.255 e. The van der Waals surface area contributed by atoms with Crippen LogP contribution in [0, 0.1) is 0 Å². The number of carbonyl (C=O) groups excluding carboxylic acids is 2. The zero-order valence-corrected chi connectivity index (χ0v) is 15.8. The van der Waals surface area contributed by atoms with Crippen molar-refractivity contribution < 1.29 is 9.59 Å². The fourth-order valence-electron chi connectivity index (χ4n) is 3.43. The van der Waals surface area contributed by atoms with Gasteiger partial charge in [0.2, 0.25) is 0 Å². The Morgan fingerprint density at radius 2 is 1.70 bits per heavy atom.